The van der Waals surface area contributed by atoms with E-state index in [4.69, 9.17) is 9.47 Å². The van der Waals surface area contributed by atoms with Crippen molar-refractivity contribution in [3.63, 3.8) is 0 Å². The number of carboxylic acid groups (broad SMARTS) is 1. The summed E-state index contributed by atoms with van der Waals surface area (Å²) in [5.41, 5.74) is 0.409. The van der Waals surface area contributed by atoms with Crippen molar-refractivity contribution in [3.05, 3.63) is 24.3 Å². The molecule has 1 aromatic rings. The predicted octanol–water partition coefficient (Wildman–Crippen LogP) is 2.73. The Bertz CT molecular complexity index is 789. The number of rotatable bonds is 9. The Morgan fingerprint density at radius 2 is 2.03 bits per heavy atom. The van der Waals surface area contributed by atoms with Crippen LogP contribution in [0.4, 0.5) is 5.69 Å². The molecule has 2 atom stereocenters. The van der Waals surface area contributed by atoms with Crippen molar-refractivity contribution in [2.75, 3.05) is 36.2 Å². The van der Waals surface area contributed by atoms with Crippen molar-refractivity contribution in [3.8, 4) is 5.75 Å². The fourth-order valence-electron chi connectivity index (χ4n) is 3.96. The summed E-state index contributed by atoms with van der Waals surface area (Å²) in [4.78, 5) is 38.4. The third-order valence-electron chi connectivity index (χ3n) is 5.60. The molecule has 3 rings (SSSR count). The molecular weight excluding hydrogens is 456 g/mol. The number of nitrogens with one attached hydrogen (secondary N) is 1. The molecule has 1 unspecified atom stereocenters. The smallest absolute Gasteiger partial charge is 0.323 e. The molecule has 1 aromatic carbocycles. The van der Waals surface area contributed by atoms with Crippen LogP contribution in [0.2, 0.25) is 0 Å². The number of ether oxygens (including phenoxy) is 2. The Morgan fingerprint density at radius 1 is 1.31 bits per heavy atom. The van der Waals surface area contributed by atoms with Crippen LogP contribution in [0, 0.1) is 5.92 Å². The van der Waals surface area contributed by atoms with Gasteiger partial charge >= 0.3 is 11.9 Å². The number of para-hydroxylation sites is 2. The molecular formula is C22H31ClN2O6S. The highest BCUT2D eigenvalue weighted by Crippen LogP contribution is 2.31. The highest BCUT2D eigenvalue weighted by molar-refractivity contribution is 7.99. The first-order chi connectivity index (χ1) is 15.0. The van der Waals surface area contributed by atoms with E-state index < -0.39 is 36.5 Å². The predicted molar refractivity (Wildman–Crippen MR) is 126 cm³/mol. The molecule has 1 fully saturated rings. The first kappa shape index (κ1) is 26.3. The van der Waals surface area contributed by atoms with Crippen LogP contribution in [0.3, 0.4) is 0 Å². The number of hydrogen-bond donors (Lipinski definition) is 2. The van der Waals surface area contributed by atoms with Crippen molar-refractivity contribution in [2.45, 2.75) is 44.7 Å². The largest absolute Gasteiger partial charge is 0.489 e. The third kappa shape index (κ3) is 7.02. The van der Waals surface area contributed by atoms with Gasteiger partial charge in [0.2, 0.25) is 5.91 Å². The number of carbonyl (C=O) groups excluding carboxylic acids is 2. The number of nitrogens with zero attached hydrogens (tertiary/aromatic N) is 1. The lowest BCUT2D eigenvalue weighted by Gasteiger charge is -2.27. The van der Waals surface area contributed by atoms with Crippen LogP contribution >= 0.6 is 24.2 Å². The van der Waals surface area contributed by atoms with Crippen LogP contribution in [-0.4, -0.2) is 66.3 Å². The Kier molecular flexibility index (Phi) is 10.6. The lowest BCUT2D eigenvalue weighted by Crippen LogP contribution is -2.55. The van der Waals surface area contributed by atoms with Gasteiger partial charge in [-0.1, -0.05) is 12.1 Å². The molecule has 2 heterocycles. The molecule has 2 aliphatic rings. The van der Waals surface area contributed by atoms with Crippen LogP contribution < -0.4 is 15.0 Å². The number of anilines is 1. The average molecular weight is 487 g/mol. The van der Waals surface area contributed by atoms with Gasteiger partial charge < -0.3 is 14.6 Å². The van der Waals surface area contributed by atoms with Crippen LogP contribution in [0.5, 0.6) is 5.75 Å². The lowest BCUT2D eigenvalue weighted by molar-refractivity contribution is -0.146. The van der Waals surface area contributed by atoms with Crippen molar-refractivity contribution in [1.82, 2.24) is 5.32 Å². The molecule has 0 spiro atoms. The second kappa shape index (κ2) is 12.9. The van der Waals surface area contributed by atoms with E-state index in [2.05, 4.69) is 5.32 Å². The molecule has 0 aliphatic carbocycles. The molecule has 0 saturated carbocycles. The van der Waals surface area contributed by atoms with Gasteiger partial charge in [-0.05, 0) is 62.2 Å². The standard InChI is InChI=1S/C22H30N2O6S.ClH/c1-2-29-22(28)16(8-7-15-9-11-31-12-10-15)23-17-14-30-19-6-4-3-5-18(19)24(21(17)27)13-20(25)26;/h3-6,15-17,23H,2,7-14H2,1H3,(H,25,26);1H/t16-,17?;/m0./s1. The first-order valence-corrected chi connectivity index (χ1v) is 11.9. The second-order valence-corrected chi connectivity index (χ2v) is 8.98. The molecule has 0 bridgehead atoms. The summed E-state index contributed by atoms with van der Waals surface area (Å²) in [5, 5.41) is 12.4. The van der Waals surface area contributed by atoms with E-state index in [1.165, 1.54) is 4.90 Å². The normalized spacial score (nSPS) is 19.7. The Morgan fingerprint density at radius 3 is 2.72 bits per heavy atom. The zero-order valence-electron chi connectivity index (χ0n) is 18.2. The summed E-state index contributed by atoms with van der Waals surface area (Å²) in [5.74, 6) is 1.32. The summed E-state index contributed by atoms with van der Waals surface area (Å²) in [6.45, 7) is 1.52. The number of amides is 1. The molecule has 8 nitrogen and oxygen atoms in total. The van der Waals surface area contributed by atoms with Gasteiger partial charge in [0.05, 0.1) is 12.3 Å². The van der Waals surface area contributed by atoms with E-state index in [0.29, 0.717) is 23.8 Å². The second-order valence-electron chi connectivity index (χ2n) is 7.75. The van der Waals surface area contributed by atoms with Crippen LogP contribution in [0.1, 0.15) is 32.6 Å². The Balaban J connectivity index is 0.00000363. The van der Waals surface area contributed by atoms with Gasteiger partial charge in [0.1, 0.15) is 31.0 Å². The molecule has 2 aliphatic heterocycles. The maximum atomic E-state index is 13.2. The fourth-order valence-corrected chi connectivity index (χ4v) is 5.17. The fraction of sp³-hybridized carbons (Fsp3) is 0.591. The molecule has 1 amide bonds. The van der Waals surface area contributed by atoms with Crippen molar-refractivity contribution in [2.24, 2.45) is 5.92 Å². The van der Waals surface area contributed by atoms with Gasteiger partial charge in [0, 0.05) is 0 Å². The maximum Gasteiger partial charge on any atom is 0.323 e. The number of hydrogen-bond acceptors (Lipinski definition) is 7. The zero-order valence-corrected chi connectivity index (χ0v) is 19.8. The number of carboxylic acids is 1. The highest BCUT2D eigenvalue weighted by atomic mass is 35.5. The first-order valence-electron chi connectivity index (χ1n) is 10.7. The highest BCUT2D eigenvalue weighted by Gasteiger charge is 2.35. The number of halogens is 1. The summed E-state index contributed by atoms with van der Waals surface area (Å²) in [6.07, 6.45) is 3.70. The minimum Gasteiger partial charge on any atom is -0.489 e. The molecule has 10 heteroatoms. The van der Waals surface area contributed by atoms with E-state index in [1.807, 2.05) is 11.8 Å². The van der Waals surface area contributed by atoms with Crippen LogP contribution in [0.25, 0.3) is 0 Å². The Hall–Kier alpha value is -1.97. The average Bonchev–Trinajstić information content (AvgIpc) is 2.89. The van der Waals surface area contributed by atoms with Crippen molar-refractivity contribution < 1.29 is 29.0 Å². The summed E-state index contributed by atoms with van der Waals surface area (Å²) >= 11 is 1.96. The number of carbonyl (C=O) groups is 3. The Labute approximate surface area is 198 Å². The monoisotopic (exact) mass is 486 g/mol. The van der Waals surface area contributed by atoms with Crippen LogP contribution in [-0.2, 0) is 19.1 Å². The molecule has 0 aromatic heterocycles. The summed E-state index contributed by atoms with van der Waals surface area (Å²) < 4.78 is 11.0. The number of benzene rings is 1. The minimum atomic E-state index is -1.12. The molecule has 1 saturated heterocycles. The summed E-state index contributed by atoms with van der Waals surface area (Å²) in [7, 11) is 0. The van der Waals surface area contributed by atoms with Crippen LogP contribution in [0.15, 0.2) is 24.3 Å². The number of aliphatic carboxylic acids is 1. The van der Waals surface area contributed by atoms with Crippen molar-refractivity contribution in [1.29, 1.82) is 0 Å². The van der Waals surface area contributed by atoms with Gasteiger partial charge in [0.25, 0.3) is 0 Å². The van der Waals surface area contributed by atoms with E-state index in [0.717, 1.165) is 30.8 Å². The van der Waals surface area contributed by atoms with Gasteiger partial charge in [-0.2, -0.15) is 11.8 Å². The van der Waals surface area contributed by atoms with E-state index in [1.54, 1.807) is 31.2 Å². The van der Waals surface area contributed by atoms with E-state index in [-0.39, 0.29) is 25.6 Å². The maximum absolute atomic E-state index is 13.2. The third-order valence-corrected chi connectivity index (χ3v) is 6.65. The quantitative estimate of drug-likeness (QED) is 0.513. The SMILES string of the molecule is CCOC(=O)[C@H](CCC1CCSCC1)NC1COc2ccccc2N(CC(=O)O)C1=O.Cl. The molecule has 2 N–H and O–H groups in total. The van der Waals surface area contributed by atoms with Gasteiger partial charge in [-0.3, -0.25) is 24.6 Å². The van der Waals surface area contributed by atoms with Crippen molar-refractivity contribution >= 4 is 47.7 Å². The summed E-state index contributed by atoms with van der Waals surface area (Å²) in [6, 6.07) is 5.33. The number of fused-ring (bicyclic) bond motifs is 1. The number of thioether (sulfide) groups is 1. The van der Waals surface area contributed by atoms with E-state index in [9.17, 15) is 19.5 Å². The van der Waals surface area contributed by atoms with Gasteiger partial charge in [0.15, 0.2) is 0 Å². The zero-order chi connectivity index (χ0) is 22.2. The lowest BCUT2D eigenvalue weighted by atomic mass is 9.94. The minimum absolute atomic E-state index is 0. The topological polar surface area (TPSA) is 105 Å². The van der Waals surface area contributed by atoms with E-state index >= 15 is 0 Å². The molecule has 32 heavy (non-hydrogen) atoms. The van der Waals surface area contributed by atoms with Gasteiger partial charge in [-0.25, -0.2) is 0 Å². The van der Waals surface area contributed by atoms with Gasteiger partial charge in [-0.15, -0.1) is 12.4 Å². The molecule has 0 radical (unpaired) electrons. The number of esters is 1. The molecule has 178 valence electrons.